The van der Waals surface area contributed by atoms with Gasteiger partial charge in [-0.3, -0.25) is 0 Å². The van der Waals surface area contributed by atoms with E-state index in [2.05, 4.69) is 33.1 Å². The van der Waals surface area contributed by atoms with Crippen molar-refractivity contribution in [3.8, 4) is 17.3 Å². The largest absolute Gasteiger partial charge is 0.479 e. The van der Waals surface area contributed by atoms with E-state index in [0.717, 1.165) is 67.0 Å². The van der Waals surface area contributed by atoms with Crippen LogP contribution in [0.2, 0.25) is 0 Å². The fraction of sp³-hybridized carbons (Fsp3) is 0.600. The van der Waals surface area contributed by atoms with Gasteiger partial charge in [0.2, 0.25) is 0 Å². The molecule has 1 aliphatic heterocycles. The number of nitrogens with one attached hydrogen (secondary N) is 3. The fourth-order valence-electron chi connectivity index (χ4n) is 5.34. The zero-order valence-corrected chi connectivity index (χ0v) is 23.8. The first-order valence-electron chi connectivity index (χ1n) is 14.3. The van der Waals surface area contributed by atoms with E-state index in [4.69, 9.17) is 19.6 Å². The third-order valence-electron chi connectivity index (χ3n) is 7.97. The molecule has 0 bridgehead atoms. The summed E-state index contributed by atoms with van der Waals surface area (Å²) in [6.45, 7) is 7.79. The number of ether oxygens (including phenoxy) is 2. The Morgan fingerprint density at radius 3 is 2.62 bits per heavy atom. The van der Waals surface area contributed by atoms with E-state index in [1.165, 1.54) is 0 Å². The van der Waals surface area contributed by atoms with Gasteiger partial charge in [-0.25, -0.2) is 14.8 Å². The highest BCUT2D eigenvalue weighted by molar-refractivity contribution is 5.71. The predicted octanol–water partition coefficient (Wildman–Crippen LogP) is 4.38. The number of rotatable bonds is 12. The summed E-state index contributed by atoms with van der Waals surface area (Å²) >= 11 is 0. The highest BCUT2D eigenvalue weighted by atomic mass is 16.5. The maximum atomic E-state index is 10.9. The Kier molecular flexibility index (Phi) is 10.3. The van der Waals surface area contributed by atoms with Crippen molar-refractivity contribution in [2.24, 2.45) is 5.41 Å². The number of carboxylic acids is 1. The van der Waals surface area contributed by atoms with Gasteiger partial charge in [0.1, 0.15) is 11.6 Å². The Hall–Kier alpha value is -3.26. The molecule has 216 valence electrons. The number of aromatic nitrogens is 2. The summed E-state index contributed by atoms with van der Waals surface area (Å²) < 4.78 is 10.9. The summed E-state index contributed by atoms with van der Waals surface area (Å²) in [5.74, 6) is 0.658. The highest BCUT2D eigenvalue weighted by Gasteiger charge is 2.32. The molecule has 2 fully saturated rings. The minimum Gasteiger partial charge on any atom is -0.479 e. The maximum Gasteiger partial charge on any atom is 0.332 e. The molecule has 2 aliphatic rings. The molecule has 0 radical (unpaired) electrons. The van der Waals surface area contributed by atoms with Gasteiger partial charge in [-0.15, -0.1) is 0 Å². The minimum absolute atomic E-state index is 0.0949. The standard InChI is InChI=1S/C30H42N6O4/c1-20-16-32-28(35-24-9-7-23(8-10-24)34-21(2)17-40-22(3)29(37)38)15-25(20)26-5-4-6-27(36-26)33-19-30(18-31)11-13-39-14-12-30/h4-6,15-16,21-24,34H,7-14,17,19H2,1-3H3,(H,32,35)(H,33,36)(H,37,38)/t21-,22-,23?,24?/m0/s1. The molecule has 0 unspecified atom stereocenters. The lowest BCUT2D eigenvalue weighted by molar-refractivity contribution is -0.149. The smallest absolute Gasteiger partial charge is 0.332 e. The molecule has 0 amide bonds. The number of carboxylic acid groups (broad SMARTS) is 1. The third kappa shape index (κ3) is 8.13. The van der Waals surface area contributed by atoms with Crippen molar-refractivity contribution < 1.29 is 19.4 Å². The van der Waals surface area contributed by atoms with Crippen molar-refractivity contribution >= 4 is 17.6 Å². The maximum absolute atomic E-state index is 10.9. The van der Waals surface area contributed by atoms with E-state index in [1.54, 1.807) is 6.92 Å². The Balaban J connectivity index is 1.31. The molecule has 10 nitrogen and oxygen atoms in total. The van der Waals surface area contributed by atoms with Crippen molar-refractivity contribution in [3.05, 3.63) is 36.0 Å². The Labute approximate surface area is 236 Å². The van der Waals surface area contributed by atoms with E-state index in [1.807, 2.05) is 38.2 Å². The Morgan fingerprint density at radius 1 is 1.20 bits per heavy atom. The molecular weight excluding hydrogens is 508 g/mol. The van der Waals surface area contributed by atoms with Gasteiger partial charge in [0.15, 0.2) is 6.10 Å². The zero-order chi connectivity index (χ0) is 28.5. The number of anilines is 2. The second-order valence-corrected chi connectivity index (χ2v) is 11.2. The number of carbonyl (C=O) groups is 1. The Bertz CT molecular complexity index is 1170. The van der Waals surface area contributed by atoms with Crippen LogP contribution in [-0.4, -0.2) is 71.6 Å². The van der Waals surface area contributed by atoms with Crippen LogP contribution in [-0.2, 0) is 14.3 Å². The molecule has 4 rings (SSSR count). The molecule has 2 aromatic rings. The van der Waals surface area contributed by atoms with Crippen molar-refractivity contribution in [3.63, 3.8) is 0 Å². The van der Waals surface area contributed by atoms with Gasteiger partial charge in [-0.2, -0.15) is 5.26 Å². The van der Waals surface area contributed by atoms with E-state index >= 15 is 0 Å². The molecule has 2 aromatic heterocycles. The average Bonchev–Trinajstić information content (AvgIpc) is 2.97. The van der Waals surface area contributed by atoms with E-state index in [-0.39, 0.29) is 6.04 Å². The topological polar surface area (TPSA) is 141 Å². The second kappa shape index (κ2) is 13.9. The quantitative estimate of drug-likeness (QED) is 0.301. The van der Waals surface area contributed by atoms with Gasteiger partial charge in [0.05, 0.1) is 23.8 Å². The first-order chi connectivity index (χ1) is 19.3. The zero-order valence-electron chi connectivity index (χ0n) is 23.8. The van der Waals surface area contributed by atoms with Crippen LogP contribution in [0.25, 0.3) is 11.3 Å². The van der Waals surface area contributed by atoms with E-state index in [0.29, 0.717) is 38.4 Å². The third-order valence-corrected chi connectivity index (χ3v) is 7.97. The SMILES string of the molecule is Cc1cnc(NC2CCC(N[C@@H](C)CO[C@@H](C)C(=O)O)CC2)cc1-c1cccc(NCC2(C#N)CCOCC2)n1. The van der Waals surface area contributed by atoms with Crippen molar-refractivity contribution in [2.75, 3.05) is 37.0 Å². The first-order valence-corrected chi connectivity index (χ1v) is 14.3. The summed E-state index contributed by atoms with van der Waals surface area (Å²) in [5.41, 5.74) is 2.53. The van der Waals surface area contributed by atoms with Crippen LogP contribution in [0.4, 0.5) is 11.6 Å². The van der Waals surface area contributed by atoms with Gasteiger partial charge in [0, 0.05) is 49.6 Å². The molecule has 4 N–H and O–H groups in total. The number of hydrogen-bond donors (Lipinski definition) is 4. The van der Waals surface area contributed by atoms with Crippen molar-refractivity contribution in [2.45, 2.75) is 83.5 Å². The van der Waals surface area contributed by atoms with Gasteiger partial charge in [0.25, 0.3) is 0 Å². The number of aliphatic carboxylic acids is 1. The molecule has 3 heterocycles. The lowest BCUT2D eigenvalue weighted by atomic mass is 9.82. The van der Waals surface area contributed by atoms with Crippen LogP contribution in [0.5, 0.6) is 0 Å². The molecule has 40 heavy (non-hydrogen) atoms. The molecule has 0 spiro atoms. The minimum atomic E-state index is -0.939. The molecule has 0 aromatic carbocycles. The average molecular weight is 551 g/mol. The number of pyridine rings is 2. The first kappa shape index (κ1) is 29.7. The highest BCUT2D eigenvalue weighted by Crippen LogP contribution is 2.31. The molecule has 1 saturated heterocycles. The Morgan fingerprint density at radius 2 is 1.93 bits per heavy atom. The summed E-state index contributed by atoms with van der Waals surface area (Å²) in [5, 5.41) is 29.3. The molecule has 1 aliphatic carbocycles. The van der Waals surface area contributed by atoms with Crippen LogP contribution in [0, 0.1) is 23.7 Å². The summed E-state index contributed by atoms with van der Waals surface area (Å²) in [6.07, 6.45) is 6.65. The van der Waals surface area contributed by atoms with Gasteiger partial charge in [-0.05, 0) is 83.1 Å². The van der Waals surface area contributed by atoms with Gasteiger partial charge >= 0.3 is 5.97 Å². The van der Waals surface area contributed by atoms with E-state index < -0.39 is 17.5 Å². The number of nitrogens with zero attached hydrogens (tertiary/aromatic N) is 3. The van der Waals surface area contributed by atoms with Crippen LogP contribution < -0.4 is 16.0 Å². The van der Waals surface area contributed by atoms with E-state index in [9.17, 15) is 10.1 Å². The number of aryl methyl sites for hydroxylation is 1. The summed E-state index contributed by atoms with van der Waals surface area (Å²) in [6, 6.07) is 11.3. The fourth-order valence-corrected chi connectivity index (χ4v) is 5.34. The monoisotopic (exact) mass is 550 g/mol. The van der Waals surface area contributed by atoms with Crippen LogP contribution >= 0.6 is 0 Å². The predicted molar refractivity (Wildman–Crippen MR) is 154 cm³/mol. The molecule has 1 saturated carbocycles. The summed E-state index contributed by atoms with van der Waals surface area (Å²) in [4.78, 5) is 20.4. The van der Waals surface area contributed by atoms with Crippen molar-refractivity contribution in [1.82, 2.24) is 15.3 Å². The van der Waals surface area contributed by atoms with Gasteiger partial charge < -0.3 is 30.5 Å². The molecule has 10 heteroatoms. The molecular formula is C30H42N6O4. The molecule has 2 atom stereocenters. The lowest BCUT2D eigenvalue weighted by Crippen LogP contribution is -2.43. The summed E-state index contributed by atoms with van der Waals surface area (Å²) in [7, 11) is 0. The van der Waals surface area contributed by atoms with Crippen LogP contribution in [0.3, 0.4) is 0 Å². The van der Waals surface area contributed by atoms with Crippen LogP contribution in [0.1, 0.15) is 57.9 Å². The number of nitriles is 1. The number of hydrogen-bond acceptors (Lipinski definition) is 9. The lowest BCUT2D eigenvalue weighted by Gasteiger charge is -2.32. The van der Waals surface area contributed by atoms with Gasteiger partial charge in [-0.1, -0.05) is 6.07 Å². The van der Waals surface area contributed by atoms with Crippen LogP contribution in [0.15, 0.2) is 30.5 Å². The van der Waals surface area contributed by atoms with Crippen molar-refractivity contribution in [1.29, 1.82) is 5.26 Å². The second-order valence-electron chi connectivity index (χ2n) is 11.2. The normalized spacial score (nSPS) is 22.1.